The highest BCUT2D eigenvalue weighted by Crippen LogP contribution is 2.27. The molecule has 76 valence electrons. The summed E-state index contributed by atoms with van der Waals surface area (Å²) in [6.07, 6.45) is 0.598. The van der Waals surface area contributed by atoms with Crippen LogP contribution in [0.15, 0.2) is 5.38 Å². The van der Waals surface area contributed by atoms with Crippen molar-refractivity contribution >= 4 is 17.2 Å². The van der Waals surface area contributed by atoms with Gasteiger partial charge in [0.05, 0.1) is 10.7 Å². The molecule has 1 unspecified atom stereocenters. The maximum atomic E-state index is 11.0. The van der Waals surface area contributed by atoms with Crippen molar-refractivity contribution < 1.29 is 4.79 Å². The third-order valence-electron chi connectivity index (χ3n) is 2.43. The van der Waals surface area contributed by atoms with E-state index in [9.17, 15) is 4.79 Å². The van der Waals surface area contributed by atoms with E-state index in [4.69, 9.17) is 0 Å². The zero-order valence-electron chi connectivity index (χ0n) is 8.41. The molecule has 2 rings (SSSR count). The smallest absolute Gasteiger partial charge is 0.220 e. The first kappa shape index (κ1) is 9.65. The van der Waals surface area contributed by atoms with Crippen LogP contribution in [0.1, 0.15) is 42.8 Å². The second-order valence-corrected chi connectivity index (χ2v) is 4.86. The molecule has 14 heavy (non-hydrogen) atoms. The number of thiazole rings is 1. The molecule has 0 saturated carbocycles. The third kappa shape index (κ3) is 1.80. The van der Waals surface area contributed by atoms with Crippen LogP contribution in [-0.4, -0.2) is 17.4 Å². The van der Waals surface area contributed by atoms with Gasteiger partial charge in [0.15, 0.2) is 0 Å². The molecule has 3 nitrogen and oxygen atoms in total. The van der Waals surface area contributed by atoms with E-state index in [0.717, 1.165) is 12.2 Å². The summed E-state index contributed by atoms with van der Waals surface area (Å²) in [5.41, 5.74) is 1.08. The second-order valence-electron chi connectivity index (χ2n) is 3.97. The molecule has 1 aromatic rings. The Labute approximate surface area is 87.6 Å². The van der Waals surface area contributed by atoms with Gasteiger partial charge in [0, 0.05) is 30.2 Å². The van der Waals surface area contributed by atoms with Gasteiger partial charge in [-0.2, -0.15) is 0 Å². The number of nitrogens with one attached hydrogen (secondary N) is 1. The van der Waals surface area contributed by atoms with Crippen LogP contribution in [0.4, 0.5) is 0 Å². The molecule has 1 atom stereocenters. The summed E-state index contributed by atoms with van der Waals surface area (Å²) in [6.45, 7) is 5.03. The zero-order chi connectivity index (χ0) is 10.1. The first-order valence-electron chi connectivity index (χ1n) is 4.89. The maximum absolute atomic E-state index is 11.0. The van der Waals surface area contributed by atoms with Crippen molar-refractivity contribution in [3.05, 3.63) is 16.1 Å². The van der Waals surface area contributed by atoms with Crippen molar-refractivity contribution in [3.8, 4) is 0 Å². The number of nitrogens with zero attached hydrogens (tertiary/aromatic N) is 1. The monoisotopic (exact) mass is 210 g/mol. The van der Waals surface area contributed by atoms with E-state index < -0.39 is 0 Å². The Morgan fingerprint density at radius 3 is 2.93 bits per heavy atom. The average molecular weight is 210 g/mol. The van der Waals surface area contributed by atoms with Crippen LogP contribution in [-0.2, 0) is 4.79 Å². The minimum absolute atomic E-state index is 0.147. The lowest BCUT2D eigenvalue weighted by Gasteiger charge is -2.02. The molecule has 0 spiro atoms. The lowest BCUT2D eigenvalue weighted by Crippen LogP contribution is -2.13. The van der Waals surface area contributed by atoms with Gasteiger partial charge in [0.2, 0.25) is 5.91 Å². The molecule has 2 heterocycles. The van der Waals surface area contributed by atoms with Crippen LogP contribution in [0.2, 0.25) is 0 Å². The lowest BCUT2D eigenvalue weighted by molar-refractivity contribution is -0.119. The van der Waals surface area contributed by atoms with Crippen molar-refractivity contribution in [1.82, 2.24) is 10.3 Å². The predicted molar refractivity (Wildman–Crippen MR) is 56.6 cm³/mol. The summed E-state index contributed by atoms with van der Waals surface area (Å²) in [6, 6.07) is 0. The fourth-order valence-corrected chi connectivity index (χ4v) is 2.48. The van der Waals surface area contributed by atoms with Gasteiger partial charge in [-0.05, 0) is 0 Å². The molecule has 4 heteroatoms. The number of amides is 1. The Hall–Kier alpha value is -0.900. The average Bonchev–Trinajstić information content (AvgIpc) is 2.70. The molecule has 0 aromatic carbocycles. The molecular weight excluding hydrogens is 196 g/mol. The van der Waals surface area contributed by atoms with Gasteiger partial charge in [0.25, 0.3) is 0 Å². The van der Waals surface area contributed by atoms with Crippen molar-refractivity contribution in [3.63, 3.8) is 0 Å². The van der Waals surface area contributed by atoms with Crippen molar-refractivity contribution in [2.75, 3.05) is 6.54 Å². The van der Waals surface area contributed by atoms with Crippen molar-refractivity contribution in [2.24, 2.45) is 0 Å². The van der Waals surface area contributed by atoms with E-state index in [1.807, 2.05) is 0 Å². The molecule has 1 aromatic heterocycles. The summed E-state index contributed by atoms with van der Waals surface area (Å²) < 4.78 is 0. The van der Waals surface area contributed by atoms with Crippen LogP contribution >= 0.6 is 11.3 Å². The fraction of sp³-hybridized carbons (Fsp3) is 0.600. The largest absolute Gasteiger partial charge is 0.355 e. The number of carbonyl (C=O) groups is 1. The topological polar surface area (TPSA) is 42.0 Å². The van der Waals surface area contributed by atoms with Gasteiger partial charge in [-0.15, -0.1) is 11.3 Å². The summed E-state index contributed by atoms with van der Waals surface area (Å²) >= 11 is 1.70. The van der Waals surface area contributed by atoms with Crippen LogP contribution < -0.4 is 5.32 Å². The molecule has 1 aliphatic rings. The Morgan fingerprint density at radius 2 is 2.43 bits per heavy atom. The highest BCUT2D eigenvalue weighted by atomic mass is 32.1. The van der Waals surface area contributed by atoms with E-state index in [-0.39, 0.29) is 5.91 Å². The Balaban J connectivity index is 2.13. The molecule has 1 fully saturated rings. The Kier molecular flexibility index (Phi) is 2.54. The molecule has 0 aliphatic carbocycles. The van der Waals surface area contributed by atoms with E-state index in [2.05, 4.69) is 29.5 Å². The quantitative estimate of drug-likeness (QED) is 0.809. The summed E-state index contributed by atoms with van der Waals surface area (Å²) in [5.74, 6) is 0.930. The van der Waals surface area contributed by atoms with Gasteiger partial charge in [-0.25, -0.2) is 4.98 Å². The molecule has 1 aliphatic heterocycles. The van der Waals surface area contributed by atoms with Crippen LogP contribution in [0.5, 0.6) is 0 Å². The highest BCUT2D eigenvalue weighted by Gasteiger charge is 2.25. The maximum Gasteiger partial charge on any atom is 0.220 e. The number of hydrogen-bond donors (Lipinski definition) is 1. The highest BCUT2D eigenvalue weighted by molar-refractivity contribution is 7.09. The number of carbonyl (C=O) groups excluding carboxylic acids is 1. The van der Waals surface area contributed by atoms with E-state index >= 15 is 0 Å². The number of aromatic nitrogens is 1. The van der Waals surface area contributed by atoms with Gasteiger partial charge in [0.1, 0.15) is 0 Å². The third-order valence-corrected chi connectivity index (χ3v) is 3.59. The molecule has 1 N–H and O–H groups in total. The van der Waals surface area contributed by atoms with Crippen LogP contribution in [0, 0.1) is 0 Å². The first-order valence-corrected chi connectivity index (χ1v) is 5.77. The first-order chi connectivity index (χ1) is 6.66. The zero-order valence-corrected chi connectivity index (χ0v) is 9.23. The lowest BCUT2D eigenvalue weighted by atomic mass is 10.1. The van der Waals surface area contributed by atoms with Gasteiger partial charge < -0.3 is 5.32 Å². The van der Waals surface area contributed by atoms with Gasteiger partial charge in [-0.3, -0.25) is 4.79 Å². The molecule has 1 amide bonds. The van der Waals surface area contributed by atoms with Gasteiger partial charge >= 0.3 is 0 Å². The normalized spacial score (nSPS) is 21.6. The molecule has 1 saturated heterocycles. The summed E-state index contributed by atoms with van der Waals surface area (Å²) in [7, 11) is 0. The van der Waals surface area contributed by atoms with Gasteiger partial charge in [-0.1, -0.05) is 13.8 Å². The van der Waals surface area contributed by atoms with Crippen molar-refractivity contribution in [1.29, 1.82) is 0 Å². The number of hydrogen-bond acceptors (Lipinski definition) is 3. The molecule has 0 radical (unpaired) electrons. The molecule has 0 bridgehead atoms. The number of rotatable bonds is 2. The van der Waals surface area contributed by atoms with E-state index in [0.29, 0.717) is 18.3 Å². The van der Waals surface area contributed by atoms with E-state index in [1.165, 1.54) is 5.01 Å². The SMILES string of the molecule is CC(C)c1nc(C2CNC(=O)C2)cs1. The summed E-state index contributed by atoms with van der Waals surface area (Å²) in [5, 5.41) is 6.08. The molecular formula is C10H14N2OS. The van der Waals surface area contributed by atoms with Crippen molar-refractivity contribution in [2.45, 2.75) is 32.1 Å². The van der Waals surface area contributed by atoms with Crippen LogP contribution in [0.3, 0.4) is 0 Å². The summed E-state index contributed by atoms with van der Waals surface area (Å²) in [4.78, 5) is 15.6. The minimum Gasteiger partial charge on any atom is -0.355 e. The predicted octanol–water partition coefficient (Wildman–Crippen LogP) is 1.87. The second kappa shape index (κ2) is 3.69. The Bertz CT molecular complexity index is 346. The van der Waals surface area contributed by atoms with Crippen LogP contribution in [0.25, 0.3) is 0 Å². The Morgan fingerprint density at radius 1 is 1.64 bits per heavy atom. The standard InChI is InChI=1S/C10H14N2OS/c1-6(2)10-12-8(5-14-10)7-3-9(13)11-4-7/h5-7H,3-4H2,1-2H3,(H,11,13). The minimum atomic E-state index is 0.147. The van der Waals surface area contributed by atoms with E-state index in [1.54, 1.807) is 11.3 Å². The fourth-order valence-electron chi connectivity index (χ4n) is 1.57.